The van der Waals surface area contributed by atoms with E-state index in [0.29, 0.717) is 18.7 Å². The molecule has 1 aliphatic rings. The summed E-state index contributed by atoms with van der Waals surface area (Å²) in [4.78, 5) is 11.7. The van der Waals surface area contributed by atoms with Crippen LogP contribution in [0, 0.1) is 23.5 Å². The first-order chi connectivity index (χ1) is 14.0. The van der Waals surface area contributed by atoms with Crippen LogP contribution in [0.25, 0.3) is 16.9 Å². The second-order valence-electron chi connectivity index (χ2n) is 7.24. The molecular formula is C21H21ClF2N4O2. The van der Waals surface area contributed by atoms with Crippen LogP contribution in [0.1, 0.15) is 12.0 Å². The van der Waals surface area contributed by atoms with Crippen molar-refractivity contribution < 1.29 is 18.7 Å². The Kier molecular flexibility index (Phi) is 6.79. The number of carboxylic acid groups (broad SMARTS) is 1. The van der Waals surface area contributed by atoms with Crippen LogP contribution < -0.4 is 5.32 Å². The molecule has 0 amide bonds. The van der Waals surface area contributed by atoms with Gasteiger partial charge in [0.1, 0.15) is 17.3 Å². The van der Waals surface area contributed by atoms with E-state index in [1.165, 1.54) is 10.9 Å². The number of hydrogen-bond acceptors (Lipinski definition) is 4. The van der Waals surface area contributed by atoms with Crippen LogP contribution in [0.15, 0.2) is 48.7 Å². The molecule has 2 heterocycles. The van der Waals surface area contributed by atoms with Gasteiger partial charge in [-0.3, -0.25) is 4.79 Å². The summed E-state index contributed by atoms with van der Waals surface area (Å²) in [5.74, 6) is -2.30. The Morgan fingerprint density at radius 3 is 2.83 bits per heavy atom. The first kappa shape index (κ1) is 21.9. The molecule has 1 fully saturated rings. The molecule has 0 radical (unpaired) electrons. The highest BCUT2D eigenvalue weighted by molar-refractivity contribution is 5.85. The summed E-state index contributed by atoms with van der Waals surface area (Å²) in [5.41, 5.74) is 1.79. The van der Waals surface area contributed by atoms with Crippen LogP contribution >= 0.6 is 12.4 Å². The summed E-state index contributed by atoms with van der Waals surface area (Å²) in [6.07, 6.45) is 2.78. The van der Waals surface area contributed by atoms with E-state index in [0.717, 1.165) is 36.7 Å². The Morgan fingerprint density at radius 2 is 2.10 bits per heavy atom. The van der Waals surface area contributed by atoms with Gasteiger partial charge in [0.2, 0.25) is 0 Å². The van der Waals surface area contributed by atoms with E-state index in [1.807, 2.05) is 18.2 Å². The van der Waals surface area contributed by atoms with Crippen molar-refractivity contribution in [2.24, 2.45) is 11.8 Å². The maximum atomic E-state index is 14.0. The Balaban J connectivity index is 0.00000256. The molecule has 2 N–H and O–H groups in total. The van der Waals surface area contributed by atoms with Gasteiger partial charge in [-0.1, -0.05) is 17.3 Å². The third-order valence-electron chi connectivity index (χ3n) is 5.31. The maximum Gasteiger partial charge on any atom is 0.307 e. The number of carboxylic acids is 1. The topological polar surface area (TPSA) is 80.0 Å². The van der Waals surface area contributed by atoms with Crippen molar-refractivity contribution in [3.63, 3.8) is 0 Å². The lowest BCUT2D eigenvalue weighted by Gasteiger charge is -2.19. The molecule has 9 heteroatoms. The van der Waals surface area contributed by atoms with Gasteiger partial charge in [-0.05, 0) is 67.7 Å². The van der Waals surface area contributed by atoms with Crippen molar-refractivity contribution in [1.82, 2.24) is 20.3 Å². The molecule has 30 heavy (non-hydrogen) atoms. The van der Waals surface area contributed by atoms with Gasteiger partial charge in [-0.2, -0.15) is 0 Å². The standard InChI is InChI=1S/C21H20F2N4O2.ClH/c22-15-4-5-19(23)18(10-15)20-12-27(26-25-20)16-3-1-2-13(8-16)9-17(21(28)29)14-6-7-24-11-14;/h1-5,8,10,12,14,17,24H,6-7,9,11H2,(H,28,29);1H/t14-,17?;/m0./s1. The number of hydrogen-bond donors (Lipinski definition) is 2. The lowest BCUT2D eigenvalue weighted by Crippen LogP contribution is -2.27. The number of nitrogens with one attached hydrogen (secondary N) is 1. The Hall–Kier alpha value is -2.84. The second kappa shape index (κ2) is 9.32. The van der Waals surface area contributed by atoms with Crippen molar-refractivity contribution in [2.75, 3.05) is 13.1 Å². The van der Waals surface area contributed by atoms with Crippen molar-refractivity contribution >= 4 is 18.4 Å². The lowest BCUT2D eigenvalue weighted by molar-refractivity contribution is -0.143. The van der Waals surface area contributed by atoms with E-state index < -0.39 is 23.5 Å². The predicted molar refractivity (Wildman–Crippen MR) is 110 cm³/mol. The van der Waals surface area contributed by atoms with Crippen molar-refractivity contribution in [3.05, 3.63) is 65.9 Å². The van der Waals surface area contributed by atoms with Gasteiger partial charge < -0.3 is 10.4 Å². The fourth-order valence-corrected chi connectivity index (χ4v) is 3.76. The summed E-state index contributed by atoms with van der Waals surface area (Å²) < 4.78 is 28.9. The molecule has 1 unspecified atom stereocenters. The number of nitrogens with zero attached hydrogens (tertiary/aromatic N) is 3. The van der Waals surface area contributed by atoms with Crippen LogP contribution in [-0.4, -0.2) is 39.2 Å². The monoisotopic (exact) mass is 434 g/mol. The summed E-state index contributed by atoms with van der Waals surface area (Å²) in [7, 11) is 0. The number of benzene rings is 2. The molecule has 3 aromatic rings. The second-order valence-corrected chi connectivity index (χ2v) is 7.24. The fourth-order valence-electron chi connectivity index (χ4n) is 3.76. The van der Waals surface area contributed by atoms with Gasteiger partial charge >= 0.3 is 5.97 Å². The summed E-state index contributed by atoms with van der Waals surface area (Å²) in [6.45, 7) is 1.55. The quantitative estimate of drug-likeness (QED) is 0.620. The van der Waals surface area contributed by atoms with Gasteiger partial charge in [0, 0.05) is 5.56 Å². The number of rotatable bonds is 6. The summed E-state index contributed by atoms with van der Waals surface area (Å²) in [6, 6.07) is 10.5. The Morgan fingerprint density at radius 1 is 1.27 bits per heavy atom. The van der Waals surface area contributed by atoms with E-state index in [-0.39, 0.29) is 29.6 Å². The third kappa shape index (κ3) is 4.66. The molecule has 158 valence electrons. The largest absolute Gasteiger partial charge is 0.481 e. The zero-order valence-electron chi connectivity index (χ0n) is 16.0. The smallest absolute Gasteiger partial charge is 0.307 e. The average Bonchev–Trinajstić information content (AvgIpc) is 3.40. The van der Waals surface area contributed by atoms with E-state index in [2.05, 4.69) is 15.6 Å². The van der Waals surface area contributed by atoms with E-state index in [4.69, 9.17) is 0 Å². The molecule has 6 nitrogen and oxygen atoms in total. The highest BCUT2D eigenvalue weighted by atomic mass is 35.5. The first-order valence-corrected chi connectivity index (χ1v) is 9.42. The normalized spacial score (nSPS) is 16.8. The fraction of sp³-hybridized carbons (Fsp3) is 0.286. The number of carbonyl (C=O) groups is 1. The number of aliphatic carboxylic acids is 1. The van der Waals surface area contributed by atoms with Gasteiger partial charge in [0.15, 0.2) is 0 Å². The Bertz CT molecular complexity index is 1040. The number of aromatic nitrogens is 3. The molecule has 2 atom stereocenters. The predicted octanol–water partition coefficient (Wildman–Crippen LogP) is 3.49. The minimum absolute atomic E-state index is 0. The van der Waals surface area contributed by atoms with E-state index >= 15 is 0 Å². The molecule has 1 saturated heterocycles. The molecule has 0 spiro atoms. The molecule has 0 aliphatic carbocycles. The van der Waals surface area contributed by atoms with Crippen LogP contribution in [-0.2, 0) is 11.2 Å². The first-order valence-electron chi connectivity index (χ1n) is 9.42. The molecule has 1 aliphatic heterocycles. The van der Waals surface area contributed by atoms with E-state index in [1.54, 1.807) is 6.07 Å². The minimum Gasteiger partial charge on any atom is -0.481 e. The Labute approximate surface area is 178 Å². The summed E-state index contributed by atoms with van der Waals surface area (Å²) >= 11 is 0. The lowest BCUT2D eigenvalue weighted by atomic mass is 9.86. The molecule has 2 aromatic carbocycles. The van der Waals surface area contributed by atoms with Crippen molar-refractivity contribution in [2.45, 2.75) is 12.8 Å². The zero-order chi connectivity index (χ0) is 20.4. The molecular weight excluding hydrogens is 414 g/mol. The highest BCUT2D eigenvalue weighted by Gasteiger charge is 2.30. The van der Waals surface area contributed by atoms with Gasteiger partial charge in [-0.15, -0.1) is 17.5 Å². The molecule has 0 bridgehead atoms. The van der Waals surface area contributed by atoms with Crippen LogP contribution in [0.2, 0.25) is 0 Å². The van der Waals surface area contributed by atoms with Crippen LogP contribution in [0.3, 0.4) is 0 Å². The minimum atomic E-state index is -0.797. The van der Waals surface area contributed by atoms with Crippen molar-refractivity contribution in [1.29, 1.82) is 0 Å². The maximum absolute atomic E-state index is 14.0. The van der Waals surface area contributed by atoms with Gasteiger partial charge in [0.25, 0.3) is 0 Å². The van der Waals surface area contributed by atoms with Crippen LogP contribution in [0.5, 0.6) is 0 Å². The molecule has 0 saturated carbocycles. The van der Waals surface area contributed by atoms with E-state index in [9.17, 15) is 18.7 Å². The third-order valence-corrected chi connectivity index (χ3v) is 5.31. The SMILES string of the molecule is Cl.O=C(O)C(Cc1cccc(-n2cc(-c3cc(F)ccc3F)nn2)c1)[C@H]1CCNC1. The van der Waals surface area contributed by atoms with Gasteiger partial charge in [0.05, 0.1) is 17.8 Å². The molecule has 4 rings (SSSR count). The van der Waals surface area contributed by atoms with Crippen molar-refractivity contribution in [3.8, 4) is 16.9 Å². The zero-order valence-corrected chi connectivity index (χ0v) is 16.8. The van der Waals surface area contributed by atoms with Crippen LogP contribution in [0.4, 0.5) is 8.78 Å². The summed E-state index contributed by atoms with van der Waals surface area (Å²) in [5, 5.41) is 20.8. The molecule has 1 aromatic heterocycles. The van der Waals surface area contributed by atoms with Gasteiger partial charge in [-0.25, -0.2) is 13.5 Å². The average molecular weight is 435 g/mol. The highest BCUT2D eigenvalue weighted by Crippen LogP contribution is 2.25. The number of halogens is 3.